The van der Waals surface area contributed by atoms with Crippen LogP contribution in [0.1, 0.15) is 13.8 Å². The SMILES string of the molecule is CC1(F)OC(F)(P)C(C)(F)OC1(F)P. The van der Waals surface area contributed by atoms with Gasteiger partial charge in [-0.3, -0.25) is 9.47 Å². The van der Waals surface area contributed by atoms with Crippen molar-refractivity contribution < 1.29 is 27.0 Å². The van der Waals surface area contributed by atoms with E-state index in [0.717, 1.165) is 0 Å². The Labute approximate surface area is 83.1 Å². The molecular formula is C6H10F4O2P2. The van der Waals surface area contributed by atoms with Crippen molar-refractivity contribution in [3.8, 4) is 0 Å². The van der Waals surface area contributed by atoms with Crippen LogP contribution in [0, 0.1) is 0 Å². The van der Waals surface area contributed by atoms with E-state index in [1.165, 1.54) is 18.5 Å². The number of hydrogen-bond donors (Lipinski definition) is 0. The monoisotopic (exact) mass is 252 g/mol. The first-order valence-corrected chi connectivity index (χ1v) is 4.80. The van der Waals surface area contributed by atoms with Crippen molar-refractivity contribution in [2.24, 2.45) is 0 Å². The summed E-state index contributed by atoms with van der Waals surface area (Å²) in [5.41, 5.74) is -6.27. The molecular weight excluding hydrogens is 242 g/mol. The van der Waals surface area contributed by atoms with Gasteiger partial charge in [0.25, 0.3) is 22.9 Å². The molecule has 6 atom stereocenters. The van der Waals surface area contributed by atoms with Crippen molar-refractivity contribution in [1.29, 1.82) is 0 Å². The maximum absolute atomic E-state index is 13.3. The zero-order valence-corrected chi connectivity index (χ0v) is 9.79. The Hall–Kier alpha value is 0.500. The molecule has 1 aliphatic heterocycles. The molecule has 0 amide bonds. The van der Waals surface area contributed by atoms with Gasteiger partial charge in [0.1, 0.15) is 0 Å². The Morgan fingerprint density at radius 2 is 1.00 bits per heavy atom. The van der Waals surface area contributed by atoms with Crippen LogP contribution in [0.4, 0.5) is 17.6 Å². The van der Waals surface area contributed by atoms with E-state index < -0.39 is 22.9 Å². The van der Waals surface area contributed by atoms with Crippen molar-refractivity contribution >= 4 is 18.5 Å². The second-order valence-corrected chi connectivity index (χ2v) is 4.81. The van der Waals surface area contributed by atoms with Crippen molar-refractivity contribution in [2.75, 3.05) is 0 Å². The Bertz CT molecular complexity index is 204. The van der Waals surface area contributed by atoms with Crippen LogP contribution >= 0.6 is 18.5 Å². The molecule has 84 valence electrons. The lowest BCUT2D eigenvalue weighted by Crippen LogP contribution is -2.63. The molecule has 1 fully saturated rings. The van der Waals surface area contributed by atoms with E-state index in [9.17, 15) is 17.6 Å². The first-order valence-electron chi connectivity index (χ1n) is 3.65. The lowest BCUT2D eigenvalue weighted by Gasteiger charge is -2.48. The van der Waals surface area contributed by atoms with Gasteiger partial charge in [0.05, 0.1) is 0 Å². The fourth-order valence-electron chi connectivity index (χ4n) is 0.879. The number of alkyl halides is 4. The van der Waals surface area contributed by atoms with Crippen LogP contribution in [0.2, 0.25) is 0 Å². The Balaban J connectivity index is 3.07. The molecule has 6 unspecified atom stereocenters. The quantitative estimate of drug-likeness (QED) is 0.487. The summed E-state index contributed by atoms with van der Waals surface area (Å²) in [5.74, 6) is -6.19. The summed E-state index contributed by atoms with van der Waals surface area (Å²) in [7, 11) is 2.60. The smallest absolute Gasteiger partial charge is 0.282 e. The van der Waals surface area contributed by atoms with Gasteiger partial charge in [-0.25, -0.2) is 17.6 Å². The minimum atomic E-state index is -3.14. The molecule has 1 heterocycles. The third-order valence-corrected chi connectivity index (χ3v) is 3.17. The van der Waals surface area contributed by atoms with Crippen molar-refractivity contribution in [3.05, 3.63) is 0 Å². The Kier molecular flexibility index (Phi) is 2.70. The summed E-state index contributed by atoms with van der Waals surface area (Å²) in [6.45, 7) is 1.21. The second kappa shape index (κ2) is 3.00. The lowest BCUT2D eigenvalue weighted by molar-refractivity contribution is -0.450. The normalized spacial score (nSPS) is 60.0. The fourth-order valence-corrected chi connectivity index (χ4v) is 1.44. The van der Waals surface area contributed by atoms with Gasteiger partial charge in [-0.2, -0.15) is 0 Å². The molecule has 0 aromatic heterocycles. The minimum Gasteiger partial charge on any atom is -0.296 e. The number of halogens is 4. The zero-order chi connectivity index (χ0) is 11.4. The highest BCUT2D eigenvalue weighted by Crippen LogP contribution is 2.55. The van der Waals surface area contributed by atoms with Crippen molar-refractivity contribution in [3.63, 3.8) is 0 Å². The zero-order valence-electron chi connectivity index (χ0n) is 7.48. The Morgan fingerprint density at radius 1 is 0.786 bits per heavy atom. The predicted molar refractivity (Wildman–Crippen MR) is 48.3 cm³/mol. The third-order valence-electron chi connectivity index (χ3n) is 1.90. The molecule has 0 aliphatic carbocycles. The van der Waals surface area contributed by atoms with E-state index in [0.29, 0.717) is 13.8 Å². The molecule has 0 radical (unpaired) electrons. The van der Waals surface area contributed by atoms with Crippen LogP contribution in [0.3, 0.4) is 0 Å². The standard InChI is InChI=1S/C6H10F4O2P2/c1-3(7)5(9,13)12-4(2,8)6(10,14)11-3/h13-14H2,1-2H3. The van der Waals surface area contributed by atoms with Gasteiger partial charge in [-0.15, -0.1) is 0 Å². The van der Waals surface area contributed by atoms with E-state index in [1.54, 1.807) is 0 Å². The molecule has 8 heteroatoms. The topological polar surface area (TPSA) is 18.5 Å². The summed E-state index contributed by atoms with van der Waals surface area (Å²) in [6.07, 6.45) is 0. The molecule has 1 rings (SSSR count). The van der Waals surface area contributed by atoms with Crippen LogP contribution in [-0.2, 0) is 9.47 Å². The molecule has 0 aromatic carbocycles. The van der Waals surface area contributed by atoms with Gasteiger partial charge in [-0.05, 0) is 0 Å². The third kappa shape index (κ3) is 1.78. The number of rotatable bonds is 0. The lowest BCUT2D eigenvalue weighted by atomic mass is 10.2. The predicted octanol–water partition coefficient (Wildman–Crippen LogP) is 2.40. The van der Waals surface area contributed by atoms with E-state index in [2.05, 4.69) is 9.47 Å². The summed E-state index contributed by atoms with van der Waals surface area (Å²) < 4.78 is 61.3. The maximum Gasteiger partial charge on any atom is 0.282 e. The molecule has 0 aromatic rings. The number of hydrogen-bond acceptors (Lipinski definition) is 2. The van der Waals surface area contributed by atoms with Crippen LogP contribution < -0.4 is 0 Å². The molecule has 0 spiro atoms. The average molecular weight is 252 g/mol. The first kappa shape index (κ1) is 12.6. The van der Waals surface area contributed by atoms with Gasteiger partial charge in [0.15, 0.2) is 0 Å². The van der Waals surface area contributed by atoms with Crippen molar-refractivity contribution in [1.82, 2.24) is 0 Å². The van der Waals surface area contributed by atoms with Gasteiger partial charge in [0, 0.05) is 13.8 Å². The molecule has 0 bridgehead atoms. The summed E-state index contributed by atoms with van der Waals surface area (Å²) in [6, 6.07) is 0. The number of ether oxygens (including phenoxy) is 2. The highest BCUT2D eigenvalue weighted by atomic mass is 31.0. The maximum atomic E-state index is 13.3. The Morgan fingerprint density at radius 3 is 1.21 bits per heavy atom. The summed E-state index contributed by atoms with van der Waals surface area (Å²) in [4.78, 5) is 0. The van der Waals surface area contributed by atoms with Crippen LogP contribution in [0.25, 0.3) is 0 Å². The summed E-state index contributed by atoms with van der Waals surface area (Å²) >= 11 is 0. The van der Waals surface area contributed by atoms with Gasteiger partial charge >= 0.3 is 0 Å². The average Bonchev–Trinajstić information content (AvgIpc) is 1.78. The highest BCUT2D eigenvalue weighted by Gasteiger charge is 2.68. The minimum absolute atomic E-state index is 0.605. The van der Waals surface area contributed by atoms with Gasteiger partial charge in [0.2, 0.25) is 0 Å². The molecule has 1 saturated heterocycles. The molecule has 0 saturated carbocycles. The van der Waals surface area contributed by atoms with Crippen LogP contribution in [0.15, 0.2) is 0 Å². The molecule has 14 heavy (non-hydrogen) atoms. The first-order chi connectivity index (χ1) is 5.91. The van der Waals surface area contributed by atoms with Gasteiger partial charge in [-0.1, -0.05) is 18.5 Å². The second-order valence-electron chi connectivity index (χ2n) is 3.33. The molecule has 1 aliphatic rings. The van der Waals surface area contributed by atoms with E-state index >= 15 is 0 Å². The van der Waals surface area contributed by atoms with Gasteiger partial charge < -0.3 is 0 Å². The largest absolute Gasteiger partial charge is 0.296 e. The fraction of sp³-hybridized carbons (Fsp3) is 1.00. The van der Waals surface area contributed by atoms with Crippen LogP contribution in [0.5, 0.6) is 0 Å². The van der Waals surface area contributed by atoms with E-state index in [-0.39, 0.29) is 0 Å². The van der Waals surface area contributed by atoms with Crippen LogP contribution in [-0.4, -0.2) is 22.9 Å². The van der Waals surface area contributed by atoms with Crippen molar-refractivity contribution in [2.45, 2.75) is 36.7 Å². The molecule has 2 nitrogen and oxygen atoms in total. The highest BCUT2D eigenvalue weighted by molar-refractivity contribution is 7.19. The summed E-state index contributed by atoms with van der Waals surface area (Å²) in [5, 5.41) is 0. The van der Waals surface area contributed by atoms with E-state index in [4.69, 9.17) is 0 Å². The van der Waals surface area contributed by atoms with E-state index in [1.807, 2.05) is 0 Å². The molecule has 0 N–H and O–H groups in total.